The fourth-order valence-corrected chi connectivity index (χ4v) is 4.43. The number of amides is 1. The van der Waals surface area contributed by atoms with Gasteiger partial charge >= 0.3 is 0 Å². The summed E-state index contributed by atoms with van der Waals surface area (Å²) >= 11 is 6.03. The summed E-state index contributed by atoms with van der Waals surface area (Å²) in [5.41, 5.74) is 1.47. The second kappa shape index (κ2) is 7.59. The molecule has 1 amide bonds. The Kier molecular flexibility index (Phi) is 4.85. The van der Waals surface area contributed by atoms with Crippen molar-refractivity contribution in [2.45, 2.75) is 24.9 Å². The summed E-state index contributed by atoms with van der Waals surface area (Å²) in [5.74, 6) is -1.17. The first-order valence-corrected chi connectivity index (χ1v) is 10.5. The summed E-state index contributed by atoms with van der Waals surface area (Å²) in [5, 5.41) is 14.7. The lowest BCUT2D eigenvalue weighted by molar-refractivity contribution is 0.0747. The number of carbonyl (C=O) groups is 1. The molecular formula is C22H19ClFN5O3. The van der Waals surface area contributed by atoms with E-state index in [1.165, 1.54) is 15.7 Å². The van der Waals surface area contributed by atoms with E-state index in [4.69, 9.17) is 11.6 Å². The molecule has 1 aliphatic carbocycles. The van der Waals surface area contributed by atoms with Crippen molar-refractivity contribution >= 4 is 28.4 Å². The minimum Gasteiger partial charge on any atom is -0.505 e. The van der Waals surface area contributed by atoms with Gasteiger partial charge in [0.05, 0.1) is 23.1 Å². The van der Waals surface area contributed by atoms with Gasteiger partial charge in [-0.25, -0.2) is 9.07 Å². The van der Waals surface area contributed by atoms with Crippen molar-refractivity contribution in [3.63, 3.8) is 0 Å². The molecule has 0 radical (unpaired) electrons. The third-order valence-electron chi connectivity index (χ3n) is 5.82. The highest BCUT2D eigenvalue weighted by atomic mass is 35.5. The molecule has 0 aromatic carbocycles. The fraction of sp³-hybridized carbons (Fsp3) is 0.273. The van der Waals surface area contributed by atoms with Crippen LogP contribution in [-0.4, -0.2) is 54.2 Å². The summed E-state index contributed by atoms with van der Waals surface area (Å²) in [6.07, 6.45) is 4.70. The summed E-state index contributed by atoms with van der Waals surface area (Å²) in [6, 6.07) is 5.30. The predicted octanol–water partition coefficient (Wildman–Crippen LogP) is 2.84. The lowest BCUT2D eigenvalue weighted by atomic mass is 10.0. The quantitative estimate of drug-likeness (QED) is 0.613. The third-order valence-corrected chi connectivity index (χ3v) is 6.18. The number of nitrogens with zero attached hydrogens (tertiary/aromatic N) is 5. The standard InChI is InChI=1S/C22H19ClFN5O3/c1-27-8-9-28-18-16(20(30)19(28)22(27)32)21(31)29(11-12-5-6-14(24)13(23)10-12)26-17(18)15-4-2-3-7-25-15/h2-7,13,30H,8-11H2,1H3. The zero-order valence-electron chi connectivity index (χ0n) is 17.1. The van der Waals surface area contributed by atoms with Crippen molar-refractivity contribution in [2.24, 2.45) is 0 Å². The van der Waals surface area contributed by atoms with Crippen molar-refractivity contribution in [3.05, 3.63) is 64.0 Å². The number of allylic oxidation sites excluding steroid dienone is 4. The van der Waals surface area contributed by atoms with Gasteiger partial charge in [0.2, 0.25) is 0 Å². The molecule has 10 heteroatoms. The van der Waals surface area contributed by atoms with Crippen LogP contribution in [0.2, 0.25) is 0 Å². The second-order valence-corrected chi connectivity index (χ2v) is 8.40. The van der Waals surface area contributed by atoms with Crippen LogP contribution in [0.5, 0.6) is 5.75 Å². The van der Waals surface area contributed by atoms with Crippen LogP contribution in [0, 0.1) is 0 Å². The highest BCUT2D eigenvalue weighted by Crippen LogP contribution is 2.36. The van der Waals surface area contributed by atoms with E-state index in [2.05, 4.69) is 10.1 Å². The molecule has 0 saturated heterocycles. The Morgan fingerprint density at radius 1 is 1.25 bits per heavy atom. The highest BCUT2D eigenvalue weighted by Gasteiger charge is 2.33. The molecule has 4 heterocycles. The molecule has 1 unspecified atom stereocenters. The van der Waals surface area contributed by atoms with Gasteiger partial charge in [0.25, 0.3) is 11.5 Å². The van der Waals surface area contributed by atoms with Crippen molar-refractivity contribution in [1.29, 1.82) is 0 Å². The lowest BCUT2D eigenvalue weighted by Crippen LogP contribution is -2.37. The maximum Gasteiger partial charge on any atom is 0.280 e. The Hall–Kier alpha value is -3.46. The monoisotopic (exact) mass is 455 g/mol. The molecule has 3 aromatic heterocycles. The molecule has 3 aromatic rings. The van der Waals surface area contributed by atoms with Crippen LogP contribution >= 0.6 is 11.6 Å². The molecule has 5 rings (SSSR count). The Bertz CT molecular complexity index is 1380. The fourth-order valence-electron chi connectivity index (χ4n) is 4.16. The summed E-state index contributed by atoms with van der Waals surface area (Å²) in [7, 11) is 1.64. The Balaban J connectivity index is 1.78. The van der Waals surface area contributed by atoms with Crippen LogP contribution in [0.3, 0.4) is 0 Å². The molecule has 8 nitrogen and oxygen atoms in total. The van der Waals surface area contributed by atoms with Gasteiger partial charge in [-0.05, 0) is 30.2 Å². The van der Waals surface area contributed by atoms with E-state index < -0.39 is 16.8 Å². The van der Waals surface area contributed by atoms with Crippen LogP contribution in [0.4, 0.5) is 4.39 Å². The van der Waals surface area contributed by atoms with E-state index in [0.29, 0.717) is 35.6 Å². The number of alkyl halides is 1. The number of fused-ring (bicyclic) bond motifs is 3. The topological polar surface area (TPSA) is 93.2 Å². The van der Waals surface area contributed by atoms with E-state index in [9.17, 15) is 19.1 Å². The molecule has 0 saturated carbocycles. The molecule has 0 fully saturated rings. The summed E-state index contributed by atoms with van der Waals surface area (Å²) < 4.78 is 16.5. The largest absolute Gasteiger partial charge is 0.505 e. The van der Waals surface area contributed by atoms with E-state index in [1.807, 2.05) is 0 Å². The Morgan fingerprint density at radius 2 is 2.06 bits per heavy atom. The minimum atomic E-state index is -0.798. The van der Waals surface area contributed by atoms with Crippen molar-refractivity contribution < 1.29 is 14.3 Å². The van der Waals surface area contributed by atoms with E-state index in [1.54, 1.807) is 42.1 Å². The molecule has 164 valence electrons. The van der Waals surface area contributed by atoms with Gasteiger partial charge in [0.1, 0.15) is 16.9 Å². The first-order chi connectivity index (χ1) is 15.4. The second-order valence-electron chi connectivity index (χ2n) is 7.87. The molecule has 1 atom stereocenters. The lowest BCUT2D eigenvalue weighted by Gasteiger charge is -2.25. The number of hydrogen-bond donors (Lipinski definition) is 1. The SMILES string of the molecule is CN1CCn2c(c(O)c3c(=O)n(CC4=CC=C(F)C(Cl)C4)nc(-c4ccccn4)c32)C1=O. The normalized spacial score (nSPS) is 18.5. The summed E-state index contributed by atoms with van der Waals surface area (Å²) in [6.45, 7) is 0.903. The van der Waals surface area contributed by atoms with Gasteiger partial charge < -0.3 is 14.6 Å². The van der Waals surface area contributed by atoms with E-state index >= 15 is 0 Å². The number of pyridine rings is 1. The maximum atomic E-state index is 13.6. The van der Waals surface area contributed by atoms with E-state index in [0.717, 1.165) is 0 Å². The number of rotatable bonds is 3. The molecule has 32 heavy (non-hydrogen) atoms. The third kappa shape index (κ3) is 3.12. The first kappa shape index (κ1) is 20.4. The predicted molar refractivity (Wildman–Crippen MR) is 117 cm³/mol. The number of halogens is 2. The molecule has 1 aliphatic heterocycles. The Labute approximate surface area is 186 Å². The maximum absolute atomic E-state index is 13.6. The number of aromatic nitrogens is 4. The Morgan fingerprint density at radius 3 is 2.78 bits per heavy atom. The highest BCUT2D eigenvalue weighted by molar-refractivity contribution is 6.22. The van der Waals surface area contributed by atoms with Gasteiger partial charge in [-0.2, -0.15) is 5.10 Å². The average molecular weight is 456 g/mol. The van der Waals surface area contributed by atoms with Crippen molar-refractivity contribution in [3.8, 4) is 17.1 Å². The van der Waals surface area contributed by atoms with Gasteiger partial charge in [0.15, 0.2) is 11.4 Å². The van der Waals surface area contributed by atoms with Crippen LogP contribution in [0.25, 0.3) is 22.3 Å². The van der Waals surface area contributed by atoms with E-state index in [-0.39, 0.29) is 35.7 Å². The molecule has 0 spiro atoms. The first-order valence-electron chi connectivity index (χ1n) is 10.1. The molecule has 2 aliphatic rings. The van der Waals surface area contributed by atoms with Crippen LogP contribution < -0.4 is 5.56 Å². The van der Waals surface area contributed by atoms with Crippen LogP contribution in [-0.2, 0) is 13.1 Å². The van der Waals surface area contributed by atoms with Crippen LogP contribution in [0.1, 0.15) is 16.9 Å². The van der Waals surface area contributed by atoms with Gasteiger partial charge in [-0.15, -0.1) is 11.6 Å². The van der Waals surface area contributed by atoms with Gasteiger partial charge in [-0.1, -0.05) is 12.1 Å². The van der Waals surface area contributed by atoms with Crippen LogP contribution in [0.15, 0.2) is 52.7 Å². The number of aromatic hydroxyl groups is 1. The number of hydrogen-bond acceptors (Lipinski definition) is 5. The molecular weight excluding hydrogens is 437 g/mol. The minimum absolute atomic E-state index is 0.0138. The number of carbonyl (C=O) groups excluding carboxylic acids is 1. The smallest absolute Gasteiger partial charge is 0.280 e. The number of likely N-dealkylation sites (N-methyl/N-ethyl adjacent to an activating group) is 1. The van der Waals surface area contributed by atoms with Crippen molar-refractivity contribution in [2.75, 3.05) is 13.6 Å². The molecule has 1 N–H and O–H groups in total. The van der Waals surface area contributed by atoms with Gasteiger partial charge in [-0.3, -0.25) is 14.6 Å². The average Bonchev–Trinajstić information content (AvgIpc) is 3.09. The molecule has 0 bridgehead atoms. The van der Waals surface area contributed by atoms with Gasteiger partial charge in [0, 0.05) is 26.3 Å². The zero-order valence-corrected chi connectivity index (χ0v) is 17.9. The van der Waals surface area contributed by atoms with Crippen molar-refractivity contribution in [1.82, 2.24) is 24.2 Å². The zero-order chi connectivity index (χ0) is 22.6. The summed E-state index contributed by atoms with van der Waals surface area (Å²) in [4.78, 5) is 32.0.